The van der Waals surface area contributed by atoms with Gasteiger partial charge in [0.1, 0.15) is 6.61 Å². The van der Waals surface area contributed by atoms with Crippen LogP contribution in [0.15, 0.2) is 47.7 Å². The lowest BCUT2D eigenvalue weighted by Gasteiger charge is -2.14. The van der Waals surface area contributed by atoms with Crippen LogP contribution in [0.2, 0.25) is 0 Å². The Balaban J connectivity index is 1.86. The number of pyridine rings is 2. The van der Waals surface area contributed by atoms with Gasteiger partial charge in [-0.2, -0.15) is 0 Å². The first kappa shape index (κ1) is 17.7. The van der Waals surface area contributed by atoms with Crippen LogP contribution in [0.4, 0.5) is 0 Å². The number of methoxy groups -OCH3 is 1. The van der Waals surface area contributed by atoms with Crippen molar-refractivity contribution < 1.29 is 9.47 Å². The summed E-state index contributed by atoms with van der Waals surface area (Å²) >= 11 is 0. The molecule has 7 nitrogen and oxygen atoms in total. The summed E-state index contributed by atoms with van der Waals surface area (Å²) in [4.78, 5) is 12.7. The Bertz CT molecular complexity index is 634. The second kappa shape index (κ2) is 10.2. The van der Waals surface area contributed by atoms with Crippen molar-refractivity contribution in [3.05, 3.63) is 54.0 Å². The molecule has 0 aliphatic carbocycles. The molecule has 7 heteroatoms. The largest absolute Gasteiger partial charge is 0.475 e. The molecule has 0 saturated carbocycles. The van der Waals surface area contributed by atoms with E-state index in [-0.39, 0.29) is 0 Å². The lowest BCUT2D eigenvalue weighted by Crippen LogP contribution is -2.36. The van der Waals surface area contributed by atoms with E-state index in [2.05, 4.69) is 25.6 Å². The van der Waals surface area contributed by atoms with Gasteiger partial charge in [-0.1, -0.05) is 12.1 Å². The fraction of sp³-hybridized carbons (Fsp3) is 0.353. The Morgan fingerprint density at radius 1 is 1.04 bits per heavy atom. The number of guanidine groups is 1. The highest BCUT2D eigenvalue weighted by atomic mass is 16.5. The molecular weight excluding hydrogens is 306 g/mol. The van der Waals surface area contributed by atoms with Crippen molar-refractivity contribution >= 4 is 5.96 Å². The van der Waals surface area contributed by atoms with Gasteiger partial charge >= 0.3 is 0 Å². The molecule has 0 aliphatic rings. The molecule has 0 atom stereocenters. The molecule has 24 heavy (non-hydrogen) atoms. The lowest BCUT2D eigenvalue weighted by atomic mass is 10.2. The number of nitrogens with one attached hydrogen (secondary N) is 2. The third-order valence-electron chi connectivity index (χ3n) is 3.21. The number of hydrogen-bond donors (Lipinski definition) is 2. The van der Waals surface area contributed by atoms with Gasteiger partial charge in [0.05, 0.1) is 18.8 Å². The van der Waals surface area contributed by atoms with Crippen LogP contribution in [0.3, 0.4) is 0 Å². The quantitative estimate of drug-likeness (QED) is 0.432. The Kier molecular flexibility index (Phi) is 7.49. The summed E-state index contributed by atoms with van der Waals surface area (Å²) in [5.74, 6) is 1.29. The maximum absolute atomic E-state index is 5.63. The summed E-state index contributed by atoms with van der Waals surface area (Å²) in [6, 6.07) is 9.66. The molecule has 2 aromatic heterocycles. The van der Waals surface area contributed by atoms with Gasteiger partial charge in [-0.3, -0.25) is 9.98 Å². The second-order valence-corrected chi connectivity index (χ2v) is 4.91. The highest BCUT2D eigenvalue weighted by Crippen LogP contribution is 2.13. The lowest BCUT2D eigenvalue weighted by molar-refractivity contribution is 0.143. The predicted molar refractivity (Wildman–Crippen MR) is 92.9 cm³/mol. The fourth-order valence-electron chi connectivity index (χ4n) is 1.99. The molecule has 0 aliphatic heterocycles. The zero-order valence-electron chi connectivity index (χ0n) is 14.0. The molecule has 0 amide bonds. The summed E-state index contributed by atoms with van der Waals surface area (Å²) in [6.07, 6.45) is 3.48. The van der Waals surface area contributed by atoms with E-state index < -0.39 is 0 Å². The number of rotatable bonds is 8. The van der Waals surface area contributed by atoms with Gasteiger partial charge in [0.25, 0.3) is 0 Å². The average Bonchev–Trinajstić information content (AvgIpc) is 2.64. The first-order valence-corrected chi connectivity index (χ1v) is 7.73. The minimum Gasteiger partial charge on any atom is -0.475 e. The van der Waals surface area contributed by atoms with Gasteiger partial charge in [0.2, 0.25) is 5.88 Å². The van der Waals surface area contributed by atoms with Crippen LogP contribution in [0, 0.1) is 0 Å². The molecule has 0 radical (unpaired) electrons. The molecule has 2 aromatic rings. The Labute approximate surface area is 142 Å². The third-order valence-corrected chi connectivity index (χ3v) is 3.21. The van der Waals surface area contributed by atoms with E-state index in [9.17, 15) is 0 Å². The van der Waals surface area contributed by atoms with E-state index in [4.69, 9.17) is 9.47 Å². The predicted octanol–water partition coefficient (Wildman–Crippen LogP) is 1.37. The van der Waals surface area contributed by atoms with Crippen molar-refractivity contribution in [3.8, 4) is 5.88 Å². The molecule has 0 bridgehead atoms. The molecule has 0 fully saturated rings. The van der Waals surface area contributed by atoms with Crippen molar-refractivity contribution in [3.63, 3.8) is 0 Å². The van der Waals surface area contributed by atoms with E-state index in [0.717, 1.165) is 11.3 Å². The highest BCUT2D eigenvalue weighted by Gasteiger charge is 2.06. The topological polar surface area (TPSA) is 80.7 Å². The van der Waals surface area contributed by atoms with Crippen LogP contribution in [0.25, 0.3) is 0 Å². The minimum atomic E-state index is 0.465. The second-order valence-electron chi connectivity index (χ2n) is 4.91. The van der Waals surface area contributed by atoms with Crippen molar-refractivity contribution in [1.29, 1.82) is 0 Å². The number of nitrogens with zero attached hydrogens (tertiary/aromatic N) is 3. The van der Waals surface area contributed by atoms with E-state index in [1.807, 2.05) is 30.3 Å². The standard InChI is InChI=1S/C17H23N5O2/c1-18-17(22-13-15-7-3-4-8-19-15)21-12-14-6-5-9-20-16(14)24-11-10-23-2/h3-9H,10-13H2,1-2H3,(H2,18,21,22). The number of aliphatic imine (C=N–C) groups is 1. The Hall–Kier alpha value is -2.67. The molecular formula is C17H23N5O2. The highest BCUT2D eigenvalue weighted by molar-refractivity contribution is 5.79. The SMILES string of the molecule is CN=C(NCc1ccccn1)NCc1cccnc1OCCOC. The summed E-state index contributed by atoms with van der Waals surface area (Å²) in [5.41, 5.74) is 1.90. The number of aromatic nitrogens is 2. The number of hydrogen-bond acceptors (Lipinski definition) is 5. The molecule has 0 unspecified atom stereocenters. The van der Waals surface area contributed by atoms with Crippen LogP contribution in [0.5, 0.6) is 5.88 Å². The van der Waals surface area contributed by atoms with Gasteiger partial charge in [-0.05, 0) is 18.2 Å². The molecule has 0 spiro atoms. The van der Waals surface area contributed by atoms with Gasteiger partial charge in [0.15, 0.2) is 5.96 Å². The monoisotopic (exact) mass is 329 g/mol. The summed E-state index contributed by atoms with van der Waals surface area (Å²) < 4.78 is 10.6. The van der Waals surface area contributed by atoms with E-state index in [1.165, 1.54) is 0 Å². The molecule has 2 heterocycles. The van der Waals surface area contributed by atoms with Crippen LogP contribution < -0.4 is 15.4 Å². The van der Waals surface area contributed by atoms with Crippen molar-refractivity contribution in [2.24, 2.45) is 4.99 Å². The smallest absolute Gasteiger partial charge is 0.218 e. The summed E-state index contributed by atoms with van der Waals surface area (Å²) in [5, 5.41) is 6.47. The first-order valence-electron chi connectivity index (χ1n) is 7.73. The van der Waals surface area contributed by atoms with Crippen LogP contribution in [0.1, 0.15) is 11.3 Å². The summed E-state index contributed by atoms with van der Waals surface area (Å²) in [7, 11) is 3.37. The average molecular weight is 329 g/mol. The van der Waals surface area contributed by atoms with Crippen LogP contribution >= 0.6 is 0 Å². The molecule has 0 aromatic carbocycles. The molecule has 128 valence electrons. The zero-order valence-corrected chi connectivity index (χ0v) is 14.0. The maximum Gasteiger partial charge on any atom is 0.218 e. The first-order chi connectivity index (χ1) is 11.8. The van der Waals surface area contributed by atoms with Gasteiger partial charge in [-0.15, -0.1) is 0 Å². The van der Waals surface area contributed by atoms with Gasteiger partial charge < -0.3 is 20.1 Å². The van der Waals surface area contributed by atoms with Crippen molar-refractivity contribution in [2.75, 3.05) is 27.4 Å². The van der Waals surface area contributed by atoms with E-state index >= 15 is 0 Å². The Morgan fingerprint density at radius 3 is 2.62 bits per heavy atom. The Morgan fingerprint density at radius 2 is 1.88 bits per heavy atom. The van der Waals surface area contributed by atoms with E-state index in [1.54, 1.807) is 26.6 Å². The van der Waals surface area contributed by atoms with Crippen molar-refractivity contribution in [2.45, 2.75) is 13.1 Å². The van der Waals surface area contributed by atoms with Gasteiger partial charge in [0, 0.05) is 38.7 Å². The van der Waals surface area contributed by atoms with Crippen molar-refractivity contribution in [1.82, 2.24) is 20.6 Å². The molecule has 2 N–H and O–H groups in total. The molecule has 2 rings (SSSR count). The van der Waals surface area contributed by atoms with Crippen LogP contribution in [-0.4, -0.2) is 43.3 Å². The summed E-state index contributed by atoms with van der Waals surface area (Å²) in [6.45, 7) is 2.15. The number of ether oxygens (including phenoxy) is 2. The molecule has 0 saturated heterocycles. The zero-order chi connectivity index (χ0) is 17.0. The third kappa shape index (κ3) is 5.85. The van der Waals surface area contributed by atoms with Gasteiger partial charge in [-0.25, -0.2) is 4.98 Å². The maximum atomic E-state index is 5.63. The minimum absolute atomic E-state index is 0.465. The normalized spacial score (nSPS) is 11.2. The van der Waals surface area contributed by atoms with E-state index in [0.29, 0.717) is 38.1 Å². The fourth-order valence-corrected chi connectivity index (χ4v) is 1.99. The van der Waals surface area contributed by atoms with Crippen LogP contribution in [-0.2, 0) is 17.8 Å².